The zero-order chi connectivity index (χ0) is 7.83. The third-order valence-electron chi connectivity index (χ3n) is 2.59. The van der Waals surface area contributed by atoms with Crippen molar-refractivity contribution >= 4 is 39.2 Å². The second-order valence-corrected chi connectivity index (χ2v) is 12.8. The summed E-state index contributed by atoms with van der Waals surface area (Å²) in [5.41, 5.74) is 0. The van der Waals surface area contributed by atoms with Gasteiger partial charge in [0, 0.05) is 0 Å². The molecule has 10 heavy (non-hydrogen) atoms. The molecule has 1 fully saturated rings. The Morgan fingerprint density at radius 1 is 1.30 bits per heavy atom. The summed E-state index contributed by atoms with van der Waals surface area (Å²) in [6, 6.07) is 0. The maximum absolute atomic E-state index is 3.86. The first-order valence-electron chi connectivity index (χ1n) is 3.83. The molecule has 1 rings (SSSR count). The van der Waals surface area contributed by atoms with Crippen molar-refractivity contribution in [1.82, 2.24) is 0 Å². The van der Waals surface area contributed by atoms with Gasteiger partial charge >= 0.3 is 84.4 Å². The first kappa shape index (κ1) is 9.45. The fourth-order valence-corrected chi connectivity index (χ4v) is 7.74. The summed E-state index contributed by atoms with van der Waals surface area (Å²) in [5.74, 6) is 0. The molecule has 1 heterocycles. The second-order valence-electron chi connectivity index (χ2n) is 3.74. The fourth-order valence-electron chi connectivity index (χ4n) is 1.24. The van der Waals surface area contributed by atoms with Crippen molar-refractivity contribution in [3.63, 3.8) is 0 Å². The Balaban J connectivity index is 2.70. The molecule has 2 heteroatoms. The van der Waals surface area contributed by atoms with Crippen LogP contribution in [0.5, 0.6) is 0 Å². The van der Waals surface area contributed by atoms with Gasteiger partial charge in [-0.05, 0) is 0 Å². The minimum absolute atomic E-state index is 0.170. The zero-order valence-corrected chi connectivity index (χ0v) is 12.0. The number of halogens is 1. The van der Waals surface area contributed by atoms with Crippen LogP contribution in [-0.4, -0.2) is 27.6 Å². The average molecular weight is 400 g/mol. The first-order chi connectivity index (χ1) is 4.46. The number of hydrogen-bond donors (Lipinski definition) is 0. The molecule has 0 nitrogen and oxygen atoms in total. The molecule has 0 spiro atoms. The van der Waals surface area contributed by atoms with Gasteiger partial charge in [0.1, 0.15) is 0 Å². The average Bonchev–Trinajstić information content (AvgIpc) is 1.77. The van der Waals surface area contributed by atoms with Gasteiger partial charge in [0.05, 0.1) is 0 Å². The van der Waals surface area contributed by atoms with E-state index in [1.807, 2.05) is 0 Å². The predicted molar refractivity (Wildman–Crippen MR) is 51.2 cm³/mol. The van der Waals surface area contributed by atoms with Crippen molar-refractivity contribution in [3.8, 4) is 0 Å². The van der Waals surface area contributed by atoms with Crippen LogP contribution in [0.4, 0.5) is 0 Å². The Hall–Kier alpha value is 1.36. The van der Waals surface area contributed by atoms with Crippen LogP contribution in [0, 0.1) is 0 Å². The maximum atomic E-state index is 3.86. The van der Waals surface area contributed by atoms with Crippen LogP contribution in [0.1, 0.15) is 33.6 Å². The van der Waals surface area contributed by atoms with Crippen molar-refractivity contribution in [3.05, 3.63) is 0 Å². The molecule has 0 bridgehead atoms. The zero-order valence-electron chi connectivity index (χ0n) is 6.95. The van der Waals surface area contributed by atoms with E-state index in [1.54, 1.807) is 4.13 Å². The molecule has 0 N–H and O–H groups in total. The first-order valence-corrected chi connectivity index (χ1v) is 8.82. The summed E-state index contributed by atoms with van der Waals surface area (Å²) in [6.07, 6.45) is 2.85. The van der Waals surface area contributed by atoms with Gasteiger partial charge in [0.25, 0.3) is 0 Å². The van der Waals surface area contributed by atoms with Crippen molar-refractivity contribution in [2.24, 2.45) is 0 Å². The van der Waals surface area contributed by atoms with Crippen molar-refractivity contribution in [1.29, 1.82) is 0 Å². The summed E-state index contributed by atoms with van der Waals surface area (Å²) >= 11 is 3.69. The Morgan fingerprint density at radius 2 is 1.90 bits per heavy atom. The van der Waals surface area contributed by atoms with Crippen LogP contribution in [0.15, 0.2) is 0 Å². The fraction of sp³-hybridized carbons (Fsp3) is 1.00. The Bertz CT molecular complexity index is 113. The Morgan fingerprint density at radius 3 is 2.20 bits per heavy atom. The molecule has 0 aromatic carbocycles. The van der Waals surface area contributed by atoms with Crippen LogP contribution in [-0.2, 0) is 0 Å². The molecular weight excluding hydrogens is 385 g/mol. The molecule has 1 unspecified atom stereocenters. The summed E-state index contributed by atoms with van der Waals surface area (Å²) in [5, 5.41) is 0. The molecule has 1 aliphatic rings. The molecule has 1 atom stereocenters. The van der Waals surface area contributed by atoms with Gasteiger partial charge in [-0.15, -0.1) is 0 Å². The summed E-state index contributed by atoms with van der Waals surface area (Å²) in [4.78, 5) is 0. The molecule has 0 aromatic rings. The molecule has 58 valence electrons. The van der Waals surface area contributed by atoms with E-state index < -0.39 is 0 Å². The number of rotatable bonds is 0. The van der Waals surface area contributed by atoms with Crippen molar-refractivity contribution in [2.45, 2.75) is 45.2 Å². The minimum atomic E-state index is -0.170. The molecule has 0 aliphatic carbocycles. The van der Waals surface area contributed by atoms with Gasteiger partial charge in [-0.25, -0.2) is 0 Å². The van der Waals surface area contributed by atoms with Crippen LogP contribution >= 0.6 is 15.9 Å². The Kier molecular flexibility index (Phi) is 2.85. The van der Waals surface area contributed by atoms with Crippen LogP contribution in [0.25, 0.3) is 0 Å². The van der Waals surface area contributed by atoms with E-state index in [9.17, 15) is 0 Å². The van der Waals surface area contributed by atoms with Gasteiger partial charge < -0.3 is 0 Å². The van der Waals surface area contributed by atoms with Gasteiger partial charge in [0.15, 0.2) is 0 Å². The van der Waals surface area contributed by atoms with E-state index in [4.69, 9.17) is 0 Å². The van der Waals surface area contributed by atoms with Gasteiger partial charge in [0.2, 0.25) is 0 Å². The quantitative estimate of drug-likeness (QED) is 0.433. The van der Waals surface area contributed by atoms with E-state index in [0.717, 1.165) is 0 Å². The summed E-state index contributed by atoms with van der Waals surface area (Å²) in [6.45, 7) is 7.26. The standard InChI is InChI=1S/C8H15Br.Bi/c1-5-6-8(4,9)7(2)3;/h1,5-6H2,2-4H3;/q;+1. The molecule has 0 saturated carbocycles. The van der Waals surface area contributed by atoms with Gasteiger partial charge in [-0.3, -0.25) is 0 Å². The molecule has 1 aliphatic heterocycles. The normalized spacial score (nSPS) is 39.6. The van der Waals surface area contributed by atoms with E-state index in [1.165, 1.54) is 12.8 Å². The van der Waals surface area contributed by atoms with E-state index in [2.05, 4.69) is 36.7 Å². The van der Waals surface area contributed by atoms with Crippen LogP contribution < -0.4 is 0 Å². The molecule has 0 amide bonds. The van der Waals surface area contributed by atoms with Crippen LogP contribution in [0.3, 0.4) is 0 Å². The molecule has 2 radical (unpaired) electrons. The summed E-state index contributed by atoms with van der Waals surface area (Å²) < 4.78 is 2.73. The third-order valence-corrected chi connectivity index (χ3v) is 12.3. The SMILES string of the molecule is CC1(Br)CC[CH2][Bi+][C]1(C)C. The van der Waals surface area contributed by atoms with Gasteiger partial charge in [-0.1, -0.05) is 0 Å². The molecule has 0 aromatic heterocycles. The second kappa shape index (κ2) is 3.01. The van der Waals surface area contributed by atoms with Crippen molar-refractivity contribution < 1.29 is 0 Å². The number of hydrogen-bond acceptors (Lipinski definition) is 0. The Labute approximate surface area is 83.9 Å². The predicted octanol–water partition coefficient (Wildman–Crippen LogP) is 3.25. The molecule has 1 saturated heterocycles. The number of alkyl halides is 1. The van der Waals surface area contributed by atoms with E-state index >= 15 is 0 Å². The van der Waals surface area contributed by atoms with E-state index in [0.29, 0.717) is 7.45 Å². The monoisotopic (exact) mass is 399 g/mol. The molecular formula is C8H15BiBr+. The van der Waals surface area contributed by atoms with Crippen molar-refractivity contribution in [2.75, 3.05) is 0 Å². The van der Waals surface area contributed by atoms with Gasteiger partial charge in [-0.2, -0.15) is 0 Å². The topological polar surface area (TPSA) is 0 Å². The van der Waals surface area contributed by atoms with E-state index in [-0.39, 0.29) is 23.2 Å². The van der Waals surface area contributed by atoms with Crippen LogP contribution in [0.2, 0.25) is 7.25 Å². The summed E-state index contributed by atoms with van der Waals surface area (Å²) in [7, 11) is 0. The third kappa shape index (κ3) is 1.75.